The number of hydrogen-bond acceptors (Lipinski definition) is 3. The first-order chi connectivity index (χ1) is 9.93. The largest absolute Gasteiger partial charge is 0.341 e. The van der Waals surface area contributed by atoms with Gasteiger partial charge >= 0.3 is 0 Å². The van der Waals surface area contributed by atoms with E-state index < -0.39 is 10.0 Å². The van der Waals surface area contributed by atoms with Crippen LogP contribution in [0.5, 0.6) is 0 Å². The highest BCUT2D eigenvalue weighted by atomic mass is 32.2. The lowest BCUT2D eigenvalue weighted by Crippen LogP contribution is -2.37. The van der Waals surface area contributed by atoms with Crippen LogP contribution < -0.4 is 0 Å². The Morgan fingerprint density at radius 3 is 2.52 bits per heavy atom. The van der Waals surface area contributed by atoms with Gasteiger partial charge in [-0.3, -0.25) is 4.79 Å². The van der Waals surface area contributed by atoms with Gasteiger partial charge in [0.2, 0.25) is 15.9 Å². The normalized spacial score (nSPS) is 34.1. The fourth-order valence-corrected chi connectivity index (χ4v) is 5.33. The third-order valence-corrected chi connectivity index (χ3v) is 6.90. The maximum atomic E-state index is 12.5. The quantitative estimate of drug-likeness (QED) is 0.789. The van der Waals surface area contributed by atoms with E-state index >= 15 is 0 Å². The zero-order valence-electron chi connectivity index (χ0n) is 12.8. The fraction of sp³-hybridized carbons (Fsp3) is 0.933. The SMILES string of the molecule is CS(=O)(=O)N1CCCN(C(=O)C[C@@H]2C[C@H]3CC[C@H]2C3)CC1. The zero-order chi connectivity index (χ0) is 15.0. The lowest BCUT2D eigenvalue weighted by atomic mass is 9.86. The number of hydrogen-bond donors (Lipinski definition) is 0. The van der Waals surface area contributed by atoms with Crippen molar-refractivity contribution >= 4 is 15.9 Å². The molecule has 0 N–H and O–H groups in total. The van der Waals surface area contributed by atoms with Gasteiger partial charge in [0.05, 0.1) is 6.26 Å². The lowest BCUT2D eigenvalue weighted by molar-refractivity contribution is -0.132. The van der Waals surface area contributed by atoms with E-state index in [1.807, 2.05) is 4.90 Å². The molecule has 0 aromatic carbocycles. The average Bonchev–Trinajstić information content (AvgIpc) is 2.91. The van der Waals surface area contributed by atoms with Crippen LogP contribution in [0.15, 0.2) is 0 Å². The molecule has 6 heteroatoms. The minimum absolute atomic E-state index is 0.239. The third kappa shape index (κ3) is 3.42. The first-order valence-electron chi connectivity index (χ1n) is 8.16. The molecule has 1 amide bonds. The van der Waals surface area contributed by atoms with Crippen molar-refractivity contribution in [2.75, 3.05) is 32.4 Å². The molecule has 1 saturated heterocycles. The van der Waals surface area contributed by atoms with E-state index in [4.69, 9.17) is 0 Å². The maximum absolute atomic E-state index is 12.5. The molecule has 0 aromatic rings. The van der Waals surface area contributed by atoms with Crippen molar-refractivity contribution in [3.05, 3.63) is 0 Å². The van der Waals surface area contributed by atoms with Crippen molar-refractivity contribution < 1.29 is 13.2 Å². The van der Waals surface area contributed by atoms with Gasteiger partial charge in [0.25, 0.3) is 0 Å². The summed E-state index contributed by atoms with van der Waals surface area (Å²) < 4.78 is 24.7. The lowest BCUT2D eigenvalue weighted by Gasteiger charge is -2.26. The van der Waals surface area contributed by atoms with Crippen LogP contribution in [0.25, 0.3) is 0 Å². The summed E-state index contributed by atoms with van der Waals surface area (Å²) in [7, 11) is -3.13. The molecule has 0 unspecified atom stereocenters. The van der Waals surface area contributed by atoms with Crippen molar-refractivity contribution in [2.24, 2.45) is 17.8 Å². The highest BCUT2D eigenvalue weighted by Crippen LogP contribution is 2.49. The zero-order valence-corrected chi connectivity index (χ0v) is 13.6. The van der Waals surface area contributed by atoms with E-state index in [-0.39, 0.29) is 5.91 Å². The third-order valence-electron chi connectivity index (χ3n) is 5.60. The molecule has 2 bridgehead atoms. The van der Waals surface area contributed by atoms with E-state index in [0.29, 0.717) is 38.5 Å². The second kappa shape index (κ2) is 5.88. The van der Waals surface area contributed by atoms with E-state index in [2.05, 4.69) is 0 Å². The van der Waals surface area contributed by atoms with Gasteiger partial charge in [-0.1, -0.05) is 6.42 Å². The summed E-state index contributed by atoms with van der Waals surface area (Å²) >= 11 is 0. The molecule has 3 rings (SSSR count). The van der Waals surface area contributed by atoms with Gasteiger partial charge in [0, 0.05) is 32.6 Å². The first kappa shape index (κ1) is 15.3. The van der Waals surface area contributed by atoms with Gasteiger partial charge in [-0.25, -0.2) is 12.7 Å². The van der Waals surface area contributed by atoms with Crippen LogP contribution in [0.4, 0.5) is 0 Å². The van der Waals surface area contributed by atoms with Gasteiger partial charge in [0.1, 0.15) is 0 Å². The number of fused-ring (bicyclic) bond motifs is 2. The Morgan fingerprint density at radius 1 is 1.10 bits per heavy atom. The number of amides is 1. The summed E-state index contributed by atoms with van der Waals surface area (Å²) in [5.74, 6) is 2.48. The van der Waals surface area contributed by atoms with Crippen molar-refractivity contribution in [1.82, 2.24) is 9.21 Å². The Hall–Kier alpha value is -0.620. The smallest absolute Gasteiger partial charge is 0.222 e. The van der Waals surface area contributed by atoms with Crippen LogP contribution in [0.1, 0.15) is 38.5 Å². The number of rotatable bonds is 3. The van der Waals surface area contributed by atoms with Crippen LogP contribution in [0.2, 0.25) is 0 Å². The van der Waals surface area contributed by atoms with Crippen LogP contribution >= 0.6 is 0 Å². The predicted molar refractivity (Wildman–Crippen MR) is 81.2 cm³/mol. The Bertz CT molecular complexity index is 505. The van der Waals surface area contributed by atoms with Gasteiger partial charge < -0.3 is 4.90 Å². The van der Waals surface area contributed by atoms with Gasteiger partial charge in [-0.2, -0.15) is 0 Å². The summed E-state index contributed by atoms with van der Waals surface area (Å²) in [6, 6.07) is 0. The van der Waals surface area contributed by atoms with E-state index in [1.54, 1.807) is 0 Å². The Morgan fingerprint density at radius 2 is 1.90 bits per heavy atom. The molecule has 2 aliphatic carbocycles. The summed E-state index contributed by atoms with van der Waals surface area (Å²) in [5.41, 5.74) is 0. The summed E-state index contributed by atoms with van der Waals surface area (Å²) in [6.07, 6.45) is 7.92. The molecule has 2 saturated carbocycles. The molecule has 21 heavy (non-hydrogen) atoms. The molecule has 0 aromatic heterocycles. The van der Waals surface area contributed by atoms with Crippen molar-refractivity contribution in [3.8, 4) is 0 Å². The molecule has 1 heterocycles. The monoisotopic (exact) mass is 314 g/mol. The van der Waals surface area contributed by atoms with Crippen LogP contribution in [-0.4, -0.2) is 56.0 Å². The highest BCUT2D eigenvalue weighted by Gasteiger charge is 2.40. The van der Waals surface area contributed by atoms with Crippen LogP contribution in [0, 0.1) is 17.8 Å². The second-order valence-corrected chi connectivity index (χ2v) is 9.02. The van der Waals surface area contributed by atoms with Crippen molar-refractivity contribution in [3.63, 3.8) is 0 Å². The standard InChI is InChI=1S/C15H26N2O3S/c1-21(19,20)17-6-2-5-16(7-8-17)15(18)11-14-10-12-3-4-13(14)9-12/h12-14H,2-11H2,1H3/t12-,13-,14-/m0/s1. The first-order valence-corrected chi connectivity index (χ1v) is 10.0. The minimum atomic E-state index is -3.13. The van der Waals surface area contributed by atoms with Crippen molar-refractivity contribution in [1.29, 1.82) is 0 Å². The second-order valence-electron chi connectivity index (χ2n) is 7.04. The van der Waals surface area contributed by atoms with E-state index in [0.717, 1.165) is 18.3 Å². The molecule has 3 fully saturated rings. The number of carbonyl (C=O) groups is 1. The average molecular weight is 314 g/mol. The van der Waals surface area contributed by atoms with E-state index in [1.165, 1.54) is 36.2 Å². The van der Waals surface area contributed by atoms with Crippen molar-refractivity contribution in [2.45, 2.75) is 38.5 Å². The number of nitrogens with zero attached hydrogens (tertiary/aromatic N) is 2. The van der Waals surface area contributed by atoms with Crippen LogP contribution in [0.3, 0.4) is 0 Å². The molecule has 120 valence electrons. The van der Waals surface area contributed by atoms with E-state index in [9.17, 15) is 13.2 Å². The predicted octanol–water partition coefficient (Wildman–Crippen LogP) is 1.31. The van der Waals surface area contributed by atoms with Gasteiger partial charge in [0.15, 0.2) is 0 Å². The molecule has 1 aliphatic heterocycles. The maximum Gasteiger partial charge on any atom is 0.222 e. The summed E-state index contributed by atoms with van der Waals surface area (Å²) in [4.78, 5) is 14.4. The topological polar surface area (TPSA) is 57.7 Å². The Balaban J connectivity index is 1.53. The highest BCUT2D eigenvalue weighted by molar-refractivity contribution is 7.88. The molecule has 5 nitrogen and oxygen atoms in total. The molecule has 3 aliphatic rings. The molecule has 3 atom stereocenters. The van der Waals surface area contributed by atoms with Crippen LogP contribution in [-0.2, 0) is 14.8 Å². The Labute approximate surface area is 127 Å². The molecular weight excluding hydrogens is 288 g/mol. The minimum Gasteiger partial charge on any atom is -0.341 e. The number of sulfonamides is 1. The molecular formula is C15H26N2O3S. The van der Waals surface area contributed by atoms with Gasteiger partial charge in [-0.15, -0.1) is 0 Å². The van der Waals surface area contributed by atoms with Gasteiger partial charge in [-0.05, 0) is 43.4 Å². The fourth-order valence-electron chi connectivity index (χ4n) is 4.45. The Kier molecular flexibility index (Phi) is 4.28. The number of carbonyl (C=O) groups excluding carboxylic acids is 1. The molecule has 0 spiro atoms. The summed E-state index contributed by atoms with van der Waals surface area (Å²) in [6.45, 7) is 2.23. The molecule has 0 radical (unpaired) electrons. The summed E-state index contributed by atoms with van der Waals surface area (Å²) in [5, 5.41) is 0.